The fraction of sp³-hybridized carbons (Fsp3) is 0.300. The summed E-state index contributed by atoms with van der Waals surface area (Å²) in [6.45, 7) is 2.15. The molecule has 1 rings (SSSR count). The second kappa shape index (κ2) is 5.45. The molecule has 13 heavy (non-hydrogen) atoms. The summed E-state index contributed by atoms with van der Waals surface area (Å²) in [4.78, 5) is 11.7. The van der Waals surface area contributed by atoms with Crippen LogP contribution in [0.25, 0.3) is 0 Å². The van der Waals surface area contributed by atoms with Gasteiger partial charge in [-0.25, -0.2) is 0 Å². The van der Waals surface area contributed by atoms with Gasteiger partial charge in [0.15, 0.2) is 0 Å². The molecule has 0 saturated carbocycles. The minimum atomic E-state index is 0.715. The summed E-state index contributed by atoms with van der Waals surface area (Å²) >= 11 is 5.24. The maximum Gasteiger partial charge on any atom is 0.150 e. The van der Waals surface area contributed by atoms with Crippen LogP contribution in [-0.2, 0) is 0 Å². The number of hydrogen-bond donors (Lipinski definition) is 0. The number of carbonyl (C=O) groups excluding carboxylic acids is 1. The van der Waals surface area contributed by atoms with Crippen LogP contribution in [0.4, 0.5) is 0 Å². The van der Waals surface area contributed by atoms with Gasteiger partial charge in [-0.3, -0.25) is 4.79 Å². The first-order valence-corrected chi connectivity index (χ1v) is 5.93. The van der Waals surface area contributed by atoms with Crippen molar-refractivity contribution in [2.75, 3.05) is 5.75 Å². The largest absolute Gasteiger partial charge is 0.298 e. The Hall–Kier alpha value is -0.280. The monoisotopic (exact) mass is 258 g/mol. The third kappa shape index (κ3) is 3.16. The summed E-state index contributed by atoms with van der Waals surface area (Å²) in [6, 6.07) is 5.68. The normalized spacial score (nSPS) is 10.0. The Morgan fingerprint density at radius 1 is 1.54 bits per heavy atom. The number of benzene rings is 1. The first kappa shape index (κ1) is 10.8. The summed E-state index contributed by atoms with van der Waals surface area (Å²) in [5, 5.41) is 0. The molecule has 3 heteroatoms. The molecule has 0 bridgehead atoms. The molecule has 70 valence electrons. The quantitative estimate of drug-likeness (QED) is 0.605. The summed E-state index contributed by atoms with van der Waals surface area (Å²) < 4.78 is 1.01. The molecule has 0 heterocycles. The molecule has 0 radical (unpaired) electrons. The van der Waals surface area contributed by atoms with Gasteiger partial charge in [-0.15, -0.1) is 11.8 Å². The van der Waals surface area contributed by atoms with Crippen LogP contribution in [-0.4, -0.2) is 12.0 Å². The van der Waals surface area contributed by atoms with E-state index in [4.69, 9.17) is 0 Å². The Balaban J connectivity index is 2.79. The molecule has 0 N–H and O–H groups in total. The maximum atomic E-state index is 10.5. The molecule has 1 aromatic carbocycles. The lowest BCUT2D eigenvalue weighted by atomic mass is 10.2. The third-order valence-electron chi connectivity index (χ3n) is 1.55. The lowest BCUT2D eigenvalue weighted by molar-refractivity contribution is 0.112. The van der Waals surface area contributed by atoms with E-state index in [1.165, 1.54) is 4.90 Å². The Labute approximate surface area is 91.0 Å². The van der Waals surface area contributed by atoms with Gasteiger partial charge in [-0.05, 0) is 40.2 Å². The van der Waals surface area contributed by atoms with Crippen LogP contribution in [0.1, 0.15) is 23.7 Å². The summed E-state index contributed by atoms with van der Waals surface area (Å²) in [7, 11) is 0. The summed E-state index contributed by atoms with van der Waals surface area (Å²) in [5.41, 5.74) is 0.715. The van der Waals surface area contributed by atoms with Crippen LogP contribution in [0.15, 0.2) is 27.6 Å². The van der Waals surface area contributed by atoms with E-state index in [0.717, 1.165) is 22.9 Å². The molecule has 0 amide bonds. The number of aldehydes is 1. The zero-order chi connectivity index (χ0) is 9.68. The molecule has 0 aliphatic heterocycles. The molecule has 0 unspecified atom stereocenters. The van der Waals surface area contributed by atoms with Crippen molar-refractivity contribution in [3.05, 3.63) is 28.2 Å². The number of halogens is 1. The van der Waals surface area contributed by atoms with E-state index < -0.39 is 0 Å². The van der Waals surface area contributed by atoms with E-state index in [1.54, 1.807) is 11.8 Å². The molecular weight excluding hydrogens is 248 g/mol. The average Bonchev–Trinajstić information content (AvgIpc) is 2.16. The Morgan fingerprint density at radius 3 is 2.85 bits per heavy atom. The summed E-state index contributed by atoms with van der Waals surface area (Å²) in [6.07, 6.45) is 2.02. The van der Waals surface area contributed by atoms with Crippen LogP contribution in [0, 0.1) is 0 Å². The topological polar surface area (TPSA) is 17.1 Å². The second-order valence-electron chi connectivity index (χ2n) is 2.66. The predicted octanol–water partition coefficient (Wildman–Crippen LogP) is 3.76. The first-order valence-electron chi connectivity index (χ1n) is 4.15. The van der Waals surface area contributed by atoms with E-state index in [2.05, 4.69) is 22.9 Å². The molecule has 0 aromatic heterocycles. The predicted molar refractivity (Wildman–Crippen MR) is 60.5 cm³/mol. The van der Waals surface area contributed by atoms with Gasteiger partial charge < -0.3 is 0 Å². The van der Waals surface area contributed by atoms with Crippen molar-refractivity contribution in [1.29, 1.82) is 0 Å². The molecule has 0 atom stereocenters. The number of hydrogen-bond acceptors (Lipinski definition) is 2. The molecule has 1 nitrogen and oxygen atoms in total. The van der Waals surface area contributed by atoms with E-state index >= 15 is 0 Å². The van der Waals surface area contributed by atoms with Crippen LogP contribution >= 0.6 is 27.7 Å². The van der Waals surface area contributed by atoms with Crippen LogP contribution in [0.5, 0.6) is 0 Å². The van der Waals surface area contributed by atoms with Crippen molar-refractivity contribution < 1.29 is 4.79 Å². The molecule has 0 fully saturated rings. The Morgan fingerprint density at radius 2 is 2.31 bits per heavy atom. The number of rotatable bonds is 4. The Kier molecular flexibility index (Phi) is 4.53. The molecular formula is C10H11BrOS. The standard InChI is InChI=1S/C10H11BrOS/c1-2-5-13-10-4-3-8(7-12)6-9(10)11/h3-4,6-7H,2,5H2,1H3. The number of thioether (sulfide) groups is 1. The molecule has 0 saturated heterocycles. The fourth-order valence-corrected chi connectivity index (χ4v) is 2.44. The van der Waals surface area contributed by atoms with Crippen LogP contribution in [0.2, 0.25) is 0 Å². The molecule has 0 spiro atoms. The highest BCUT2D eigenvalue weighted by atomic mass is 79.9. The lowest BCUT2D eigenvalue weighted by Gasteiger charge is -2.02. The summed E-state index contributed by atoms with van der Waals surface area (Å²) in [5.74, 6) is 1.11. The van der Waals surface area contributed by atoms with Crippen molar-refractivity contribution in [2.24, 2.45) is 0 Å². The van der Waals surface area contributed by atoms with Crippen LogP contribution in [0.3, 0.4) is 0 Å². The van der Waals surface area contributed by atoms with Gasteiger partial charge >= 0.3 is 0 Å². The molecule has 0 aliphatic rings. The van der Waals surface area contributed by atoms with Crippen LogP contribution < -0.4 is 0 Å². The van der Waals surface area contributed by atoms with E-state index in [0.29, 0.717) is 5.56 Å². The van der Waals surface area contributed by atoms with Gasteiger partial charge in [0.2, 0.25) is 0 Å². The smallest absolute Gasteiger partial charge is 0.150 e. The minimum absolute atomic E-state index is 0.715. The van der Waals surface area contributed by atoms with Crippen molar-refractivity contribution in [2.45, 2.75) is 18.2 Å². The Bertz CT molecular complexity index is 299. The van der Waals surface area contributed by atoms with Crippen molar-refractivity contribution in [1.82, 2.24) is 0 Å². The van der Waals surface area contributed by atoms with Crippen molar-refractivity contribution >= 4 is 34.0 Å². The maximum absolute atomic E-state index is 10.5. The van der Waals surface area contributed by atoms with Gasteiger partial charge in [0.1, 0.15) is 6.29 Å². The third-order valence-corrected chi connectivity index (χ3v) is 3.75. The minimum Gasteiger partial charge on any atom is -0.298 e. The van der Waals surface area contributed by atoms with Crippen molar-refractivity contribution in [3.63, 3.8) is 0 Å². The lowest BCUT2D eigenvalue weighted by Crippen LogP contribution is -1.82. The first-order chi connectivity index (χ1) is 6.27. The average molecular weight is 259 g/mol. The molecule has 1 aromatic rings. The number of carbonyl (C=O) groups is 1. The van der Waals surface area contributed by atoms with E-state index in [-0.39, 0.29) is 0 Å². The van der Waals surface area contributed by atoms with Gasteiger partial charge in [-0.1, -0.05) is 13.0 Å². The van der Waals surface area contributed by atoms with Gasteiger partial charge in [0.05, 0.1) is 0 Å². The van der Waals surface area contributed by atoms with E-state index in [9.17, 15) is 4.79 Å². The second-order valence-corrected chi connectivity index (χ2v) is 4.65. The van der Waals surface area contributed by atoms with Gasteiger partial charge in [0, 0.05) is 14.9 Å². The molecule has 0 aliphatic carbocycles. The highest BCUT2D eigenvalue weighted by Gasteiger charge is 2.00. The van der Waals surface area contributed by atoms with E-state index in [1.807, 2.05) is 18.2 Å². The highest BCUT2D eigenvalue weighted by Crippen LogP contribution is 2.28. The SMILES string of the molecule is CCCSc1ccc(C=O)cc1Br. The van der Waals surface area contributed by atoms with Gasteiger partial charge in [0.25, 0.3) is 0 Å². The van der Waals surface area contributed by atoms with Gasteiger partial charge in [-0.2, -0.15) is 0 Å². The highest BCUT2D eigenvalue weighted by molar-refractivity contribution is 9.10. The fourth-order valence-electron chi connectivity index (χ4n) is 0.919. The zero-order valence-corrected chi connectivity index (χ0v) is 9.82. The zero-order valence-electron chi connectivity index (χ0n) is 7.42. The van der Waals surface area contributed by atoms with Crippen molar-refractivity contribution in [3.8, 4) is 0 Å².